The van der Waals surface area contributed by atoms with E-state index in [1.165, 1.54) is 11.9 Å². The van der Waals surface area contributed by atoms with Crippen molar-refractivity contribution in [1.29, 1.82) is 0 Å². The molecule has 0 amide bonds. The van der Waals surface area contributed by atoms with Gasteiger partial charge in [-0.3, -0.25) is 15.0 Å². The Morgan fingerprint density at radius 1 is 1.00 bits per heavy atom. The van der Waals surface area contributed by atoms with Gasteiger partial charge in [0.2, 0.25) is 11.6 Å². The van der Waals surface area contributed by atoms with Crippen LogP contribution in [0.25, 0.3) is 0 Å². The molecular formula is C21H21IN6O2. The van der Waals surface area contributed by atoms with Gasteiger partial charge in [0.15, 0.2) is 0 Å². The third-order valence-electron chi connectivity index (χ3n) is 5.01. The van der Waals surface area contributed by atoms with Crippen molar-refractivity contribution < 1.29 is 4.92 Å². The third kappa shape index (κ3) is 4.85. The smallest absolute Gasteiger partial charge is 0.348 e. The van der Waals surface area contributed by atoms with Crippen molar-refractivity contribution >= 4 is 45.6 Å². The SMILES string of the molecule is O=[N+]([O-])c1c(Nc2ccc(I)cc2)ncnc1N1CCN(Cc2ccccc2)CC1. The van der Waals surface area contributed by atoms with Gasteiger partial charge >= 0.3 is 5.69 Å². The molecule has 0 spiro atoms. The molecule has 1 aliphatic heterocycles. The number of hydrogen-bond acceptors (Lipinski definition) is 7. The number of nitro groups is 1. The number of benzene rings is 2. The van der Waals surface area contributed by atoms with Gasteiger partial charge in [-0.2, -0.15) is 0 Å². The highest BCUT2D eigenvalue weighted by Gasteiger charge is 2.29. The van der Waals surface area contributed by atoms with Crippen molar-refractivity contribution in [2.75, 3.05) is 36.4 Å². The minimum Gasteiger partial charge on any atom is -0.348 e. The van der Waals surface area contributed by atoms with Crippen molar-refractivity contribution in [2.24, 2.45) is 0 Å². The molecule has 154 valence electrons. The number of aromatic nitrogens is 2. The first-order valence-corrected chi connectivity index (χ1v) is 10.7. The van der Waals surface area contributed by atoms with E-state index < -0.39 is 4.92 Å². The number of nitrogens with one attached hydrogen (secondary N) is 1. The molecule has 9 heteroatoms. The van der Waals surface area contributed by atoms with Gasteiger partial charge in [-0.15, -0.1) is 0 Å². The zero-order chi connectivity index (χ0) is 20.9. The molecule has 0 radical (unpaired) electrons. The number of halogens is 1. The standard InChI is InChI=1S/C21H21IN6O2/c22-17-6-8-18(9-7-17)25-20-19(28(29)30)21(24-15-23-20)27-12-10-26(11-13-27)14-16-4-2-1-3-5-16/h1-9,15H,10-14H2,(H,23,24,25). The zero-order valence-corrected chi connectivity index (χ0v) is 18.4. The maximum atomic E-state index is 11.9. The lowest BCUT2D eigenvalue weighted by Crippen LogP contribution is -2.46. The van der Waals surface area contributed by atoms with E-state index in [4.69, 9.17) is 0 Å². The van der Waals surface area contributed by atoms with Gasteiger partial charge in [-0.05, 0) is 52.4 Å². The third-order valence-corrected chi connectivity index (χ3v) is 5.73. The summed E-state index contributed by atoms with van der Waals surface area (Å²) in [7, 11) is 0. The highest BCUT2D eigenvalue weighted by Crippen LogP contribution is 2.34. The lowest BCUT2D eigenvalue weighted by Gasteiger charge is -2.35. The normalized spacial score (nSPS) is 14.5. The second-order valence-corrected chi connectivity index (χ2v) is 8.28. The van der Waals surface area contributed by atoms with Gasteiger partial charge in [0.05, 0.1) is 4.92 Å². The van der Waals surface area contributed by atoms with Crippen LogP contribution in [-0.4, -0.2) is 46.0 Å². The summed E-state index contributed by atoms with van der Waals surface area (Å²) < 4.78 is 1.09. The van der Waals surface area contributed by atoms with Gasteiger partial charge in [-0.25, -0.2) is 9.97 Å². The van der Waals surface area contributed by atoms with Gasteiger partial charge in [0, 0.05) is 42.0 Å². The summed E-state index contributed by atoms with van der Waals surface area (Å²) in [6.45, 7) is 3.85. The summed E-state index contributed by atoms with van der Waals surface area (Å²) in [6.07, 6.45) is 1.38. The molecule has 8 nitrogen and oxygen atoms in total. The van der Waals surface area contributed by atoms with Crippen LogP contribution < -0.4 is 10.2 Å². The predicted molar refractivity (Wildman–Crippen MR) is 125 cm³/mol. The molecule has 0 unspecified atom stereocenters. The number of anilines is 3. The molecular weight excluding hydrogens is 495 g/mol. The lowest BCUT2D eigenvalue weighted by atomic mass is 10.2. The van der Waals surface area contributed by atoms with Crippen LogP contribution in [0, 0.1) is 13.7 Å². The molecule has 0 aliphatic carbocycles. The average Bonchev–Trinajstić information content (AvgIpc) is 2.76. The minimum atomic E-state index is -0.402. The fourth-order valence-corrected chi connectivity index (χ4v) is 3.85. The summed E-state index contributed by atoms with van der Waals surface area (Å²) in [5, 5.41) is 15.0. The van der Waals surface area contributed by atoms with E-state index >= 15 is 0 Å². The first-order chi connectivity index (χ1) is 14.6. The minimum absolute atomic E-state index is 0.0902. The molecule has 3 aromatic rings. The van der Waals surface area contributed by atoms with Crippen LogP contribution in [0.1, 0.15) is 5.56 Å². The predicted octanol–water partition coefficient (Wildman–Crippen LogP) is 4.06. The molecule has 2 aromatic carbocycles. The van der Waals surface area contributed by atoms with Gasteiger partial charge in [0.25, 0.3) is 0 Å². The van der Waals surface area contributed by atoms with Crippen LogP contribution in [0.4, 0.5) is 23.0 Å². The Bertz CT molecular complexity index is 1010. The van der Waals surface area contributed by atoms with Crippen molar-refractivity contribution in [3.05, 3.63) is 80.2 Å². The quantitative estimate of drug-likeness (QED) is 0.301. The fraction of sp³-hybridized carbons (Fsp3) is 0.238. The van der Waals surface area contributed by atoms with E-state index in [0.717, 1.165) is 28.9 Å². The van der Waals surface area contributed by atoms with Crippen molar-refractivity contribution in [1.82, 2.24) is 14.9 Å². The van der Waals surface area contributed by atoms with Crippen molar-refractivity contribution in [2.45, 2.75) is 6.54 Å². The highest BCUT2D eigenvalue weighted by atomic mass is 127. The van der Waals surface area contributed by atoms with E-state index in [0.29, 0.717) is 18.9 Å². The Morgan fingerprint density at radius 3 is 2.37 bits per heavy atom. The Labute approximate surface area is 188 Å². The topological polar surface area (TPSA) is 87.4 Å². The van der Waals surface area contributed by atoms with Crippen molar-refractivity contribution in [3.8, 4) is 0 Å². The average molecular weight is 516 g/mol. The molecule has 1 saturated heterocycles. The summed E-state index contributed by atoms with van der Waals surface area (Å²) in [4.78, 5) is 24.2. The number of hydrogen-bond donors (Lipinski definition) is 1. The maximum absolute atomic E-state index is 11.9. The molecule has 2 heterocycles. The second kappa shape index (κ2) is 9.35. The van der Waals surface area contributed by atoms with Crippen LogP contribution >= 0.6 is 22.6 Å². The summed E-state index contributed by atoms with van der Waals surface area (Å²) in [6, 6.07) is 17.9. The number of rotatable bonds is 6. The van der Waals surface area contributed by atoms with E-state index in [-0.39, 0.29) is 11.5 Å². The Balaban J connectivity index is 1.50. The Kier molecular flexibility index (Phi) is 6.38. The molecule has 4 rings (SSSR count). The summed E-state index contributed by atoms with van der Waals surface area (Å²) in [5.41, 5.74) is 1.92. The van der Waals surface area contributed by atoms with Crippen LogP contribution in [0.3, 0.4) is 0 Å². The summed E-state index contributed by atoms with van der Waals surface area (Å²) >= 11 is 2.22. The van der Waals surface area contributed by atoms with Crippen molar-refractivity contribution in [3.63, 3.8) is 0 Å². The monoisotopic (exact) mass is 516 g/mol. The fourth-order valence-electron chi connectivity index (χ4n) is 3.49. The van der Waals surface area contributed by atoms with E-state index in [1.807, 2.05) is 47.4 Å². The number of piperazine rings is 1. The molecule has 0 atom stereocenters. The first-order valence-electron chi connectivity index (χ1n) is 9.63. The summed E-state index contributed by atoms with van der Waals surface area (Å²) in [5.74, 6) is 0.570. The van der Waals surface area contributed by atoms with Gasteiger partial charge < -0.3 is 10.2 Å². The maximum Gasteiger partial charge on any atom is 0.353 e. The zero-order valence-electron chi connectivity index (χ0n) is 16.2. The largest absolute Gasteiger partial charge is 0.353 e. The number of nitrogens with zero attached hydrogens (tertiary/aromatic N) is 5. The lowest BCUT2D eigenvalue weighted by molar-refractivity contribution is -0.383. The first kappa shape index (κ1) is 20.5. The van der Waals surface area contributed by atoms with E-state index in [9.17, 15) is 10.1 Å². The van der Waals surface area contributed by atoms with Crippen LogP contribution in [-0.2, 0) is 6.54 Å². The molecule has 0 bridgehead atoms. The van der Waals surface area contributed by atoms with Crippen LogP contribution in [0.5, 0.6) is 0 Å². The molecule has 1 N–H and O–H groups in total. The van der Waals surface area contributed by atoms with Crippen LogP contribution in [0.2, 0.25) is 0 Å². The molecule has 0 saturated carbocycles. The van der Waals surface area contributed by atoms with E-state index in [2.05, 4.69) is 54.9 Å². The highest BCUT2D eigenvalue weighted by molar-refractivity contribution is 14.1. The van der Waals surface area contributed by atoms with Gasteiger partial charge in [0.1, 0.15) is 6.33 Å². The Morgan fingerprint density at radius 2 is 1.70 bits per heavy atom. The van der Waals surface area contributed by atoms with Gasteiger partial charge in [-0.1, -0.05) is 30.3 Å². The Hall–Kier alpha value is -2.79. The molecule has 1 fully saturated rings. The molecule has 1 aromatic heterocycles. The second-order valence-electron chi connectivity index (χ2n) is 7.03. The van der Waals surface area contributed by atoms with E-state index in [1.54, 1.807) is 0 Å². The molecule has 1 aliphatic rings. The van der Waals surface area contributed by atoms with Crippen LogP contribution in [0.15, 0.2) is 60.9 Å². The molecule has 30 heavy (non-hydrogen) atoms.